The second-order valence-electron chi connectivity index (χ2n) is 6.99. The third kappa shape index (κ3) is 4.14. The van der Waals surface area contributed by atoms with Gasteiger partial charge in [0.25, 0.3) is 0 Å². The van der Waals surface area contributed by atoms with Crippen molar-refractivity contribution < 1.29 is 4.79 Å². The van der Waals surface area contributed by atoms with Crippen LogP contribution in [0.5, 0.6) is 0 Å². The molecule has 5 nitrogen and oxygen atoms in total. The zero-order valence-corrected chi connectivity index (χ0v) is 17.7. The highest BCUT2D eigenvalue weighted by molar-refractivity contribution is 8.00. The number of aryl methyl sites for hydroxylation is 1. The number of hydrogen-bond acceptors (Lipinski definition) is 5. The Bertz CT molecular complexity index is 768. The first-order valence-electron chi connectivity index (χ1n) is 9.49. The summed E-state index contributed by atoms with van der Waals surface area (Å²) < 4.78 is 2.02. The van der Waals surface area contributed by atoms with Crippen LogP contribution in [0.1, 0.15) is 50.5 Å². The quantitative estimate of drug-likeness (QED) is 0.722. The average Bonchev–Trinajstić information content (AvgIpc) is 3.22. The number of aromatic nitrogens is 3. The van der Waals surface area contributed by atoms with Crippen LogP contribution in [-0.4, -0.2) is 32.5 Å². The summed E-state index contributed by atoms with van der Waals surface area (Å²) in [5.41, 5.74) is 1.49. The summed E-state index contributed by atoms with van der Waals surface area (Å²) in [4.78, 5) is 14.8. The molecule has 2 heterocycles. The predicted octanol–water partition coefficient (Wildman–Crippen LogP) is 4.07. The van der Waals surface area contributed by atoms with E-state index in [4.69, 9.17) is 0 Å². The lowest BCUT2D eigenvalue weighted by Crippen LogP contribution is -2.31. The van der Waals surface area contributed by atoms with Crippen molar-refractivity contribution in [3.63, 3.8) is 0 Å². The highest BCUT2D eigenvalue weighted by atomic mass is 32.2. The minimum absolute atomic E-state index is 0.0543. The number of carbonyl (C=O) groups is 1. The number of thioether (sulfide) groups is 1. The number of nitrogens with zero attached hydrogens (tertiary/aromatic N) is 3. The summed E-state index contributed by atoms with van der Waals surface area (Å²) in [5, 5.41) is 12.3. The highest BCUT2D eigenvalue weighted by Gasteiger charge is 2.23. The summed E-state index contributed by atoms with van der Waals surface area (Å²) in [6, 6.07) is 2.30. The molecular formula is C19H28N4OS2. The van der Waals surface area contributed by atoms with Gasteiger partial charge < -0.3 is 9.88 Å². The van der Waals surface area contributed by atoms with Gasteiger partial charge in [0.2, 0.25) is 5.91 Å². The maximum atomic E-state index is 12.1. The van der Waals surface area contributed by atoms with Crippen molar-refractivity contribution in [3.8, 4) is 10.7 Å². The van der Waals surface area contributed by atoms with Gasteiger partial charge in [0.05, 0.1) is 10.1 Å². The van der Waals surface area contributed by atoms with Crippen LogP contribution in [0.4, 0.5) is 0 Å². The van der Waals surface area contributed by atoms with Crippen LogP contribution in [0.3, 0.4) is 0 Å². The number of amides is 1. The highest BCUT2D eigenvalue weighted by Crippen LogP contribution is 2.38. The average molecular weight is 393 g/mol. The van der Waals surface area contributed by atoms with E-state index < -0.39 is 0 Å². The molecule has 0 saturated heterocycles. The van der Waals surface area contributed by atoms with Crippen LogP contribution in [0.2, 0.25) is 0 Å². The van der Waals surface area contributed by atoms with E-state index in [2.05, 4.69) is 35.4 Å². The Labute approximate surface area is 164 Å². The Morgan fingerprint density at radius 1 is 1.46 bits per heavy atom. The predicted molar refractivity (Wildman–Crippen MR) is 109 cm³/mol. The van der Waals surface area contributed by atoms with Crippen molar-refractivity contribution in [2.45, 2.75) is 63.3 Å². The molecule has 2 unspecified atom stereocenters. The van der Waals surface area contributed by atoms with Gasteiger partial charge in [0.15, 0.2) is 11.0 Å². The number of thiophene rings is 1. The lowest BCUT2D eigenvalue weighted by atomic mass is 9.87. The molecule has 1 amide bonds. The Hall–Kier alpha value is -1.34. The maximum Gasteiger partial charge on any atom is 0.233 e. The number of carbonyl (C=O) groups excluding carboxylic acids is 1. The van der Waals surface area contributed by atoms with Crippen molar-refractivity contribution in [3.05, 3.63) is 16.5 Å². The molecule has 0 spiro atoms. The second-order valence-corrected chi connectivity index (χ2v) is 9.44. The monoisotopic (exact) mass is 392 g/mol. The smallest absolute Gasteiger partial charge is 0.233 e. The summed E-state index contributed by atoms with van der Waals surface area (Å²) in [5.74, 6) is 1.78. The minimum Gasteiger partial charge on any atom is -0.355 e. The van der Waals surface area contributed by atoms with E-state index in [1.807, 2.05) is 29.9 Å². The SMILES string of the molecule is CCCNC(=O)C(C)Sc1nnc(-c2cc3c(s2)CCC(CC)C3)n1C. The van der Waals surface area contributed by atoms with E-state index >= 15 is 0 Å². The van der Waals surface area contributed by atoms with Gasteiger partial charge in [-0.05, 0) is 50.2 Å². The normalized spacial score (nSPS) is 17.8. The molecule has 3 rings (SSSR count). The molecule has 2 aromatic rings. The van der Waals surface area contributed by atoms with E-state index in [-0.39, 0.29) is 11.2 Å². The maximum absolute atomic E-state index is 12.1. The van der Waals surface area contributed by atoms with Gasteiger partial charge >= 0.3 is 0 Å². The lowest BCUT2D eigenvalue weighted by molar-refractivity contribution is -0.120. The van der Waals surface area contributed by atoms with Crippen LogP contribution in [-0.2, 0) is 24.7 Å². The molecule has 142 valence electrons. The van der Waals surface area contributed by atoms with Gasteiger partial charge in [0.1, 0.15) is 0 Å². The van der Waals surface area contributed by atoms with Gasteiger partial charge in [-0.3, -0.25) is 4.79 Å². The Kier molecular flexibility index (Phi) is 6.40. The Morgan fingerprint density at radius 3 is 3.00 bits per heavy atom. The minimum atomic E-state index is -0.181. The fourth-order valence-corrected chi connectivity index (χ4v) is 5.36. The zero-order valence-electron chi connectivity index (χ0n) is 16.0. The summed E-state index contributed by atoms with van der Waals surface area (Å²) >= 11 is 3.32. The van der Waals surface area contributed by atoms with Gasteiger partial charge in [-0.2, -0.15) is 0 Å². The molecular weight excluding hydrogens is 364 g/mol. The fourth-order valence-electron chi connectivity index (χ4n) is 3.29. The summed E-state index contributed by atoms with van der Waals surface area (Å²) in [7, 11) is 1.99. The number of rotatable bonds is 7. The lowest BCUT2D eigenvalue weighted by Gasteiger charge is -2.19. The van der Waals surface area contributed by atoms with E-state index in [1.54, 1.807) is 0 Å². The molecule has 1 aliphatic carbocycles. The molecule has 1 aliphatic rings. The molecule has 7 heteroatoms. The third-order valence-electron chi connectivity index (χ3n) is 5.02. The number of fused-ring (bicyclic) bond motifs is 1. The molecule has 26 heavy (non-hydrogen) atoms. The summed E-state index contributed by atoms with van der Waals surface area (Å²) in [6.45, 7) is 6.97. The van der Waals surface area contributed by atoms with Crippen molar-refractivity contribution >= 4 is 29.0 Å². The van der Waals surface area contributed by atoms with Gasteiger partial charge in [-0.25, -0.2) is 0 Å². The largest absolute Gasteiger partial charge is 0.355 e. The van der Waals surface area contributed by atoms with Crippen LogP contribution < -0.4 is 5.32 Å². The van der Waals surface area contributed by atoms with E-state index in [0.717, 1.165) is 23.3 Å². The van der Waals surface area contributed by atoms with Crippen molar-refractivity contribution in [1.82, 2.24) is 20.1 Å². The fraction of sp³-hybridized carbons (Fsp3) is 0.632. The van der Waals surface area contributed by atoms with Crippen LogP contribution in [0.25, 0.3) is 10.7 Å². The van der Waals surface area contributed by atoms with Gasteiger partial charge in [-0.1, -0.05) is 32.0 Å². The first kappa shape index (κ1) is 19.4. The molecule has 0 aliphatic heterocycles. The Balaban J connectivity index is 1.73. The molecule has 2 atom stereocenters. The van der Waals surface area contributed by atoms with Gasteiger partial charge in [-0.15, -0.1) is 21.5 Å². The third-order valence-corrected chi connectivity index (χ3v) is 7.39. The van der Waals surface area contributed by atoms with Gasteiger partial charge in [0, 0.05) is 18.5 Å². The van der Waals surface area contributed by atoms with Crippen molar-refractivity contribution in [1.29, 1.82) is 0 Å². The molecule has 0 fully saturated rings. The van der Waals surface area contributed by atoms with Crippen LogP contribution >= 0.6 is 23.1 Å². The Morgan fingerprint density at radius 2 is 2.27 bits per heavy atom. The first-order valence-corrected chi connectivity index (χ1v) is 11.2. The van der Waals surface area contributed by atoms with E-state index in [1.165, 1.54) is 52.8 Å². The topological polar surface area (TPSA) is 59.8 Å². The van der Waals surface area contributed by atoms with E-state index in [0.29, 0.717) is 6.54 Å². The standard InChI is InChI=1S/C19H28N4OS2/c1-5-9-20-18(24)12(3)25-19-22-21-17(23(19)4)16-11-14-10-13(6-2)7-8-15(14)26-16/h11-13H,5-10H2,1-4H3,(H,20,24). The number of hydrogen-bond donors (Lipinski definition) is 1. The van der Waals surface area contributed by atoms with Crippen LogP contribution in [0.15, 0.2) is 11.2 Å². The second kappa shape index (κ2) is 8.57. The molecule has 0 saturated carbocycles. The van der Waals surface area contributed by atoms with Crippen molar-refractivity contribution in [2.75, 3.05) is 6.54 Å². The molecule has 0 bridgehead atoms. The number of nitrogens with one attached hydrogen (secondary N) is 1. The van der Waals surface area contributed by atoms with E-state index in [9.17, 15) is 4.79 Å². The molecule has 0 radical (unpaired) electrons. The first-order chi connectivity index (χ1) is 12.5. The summed E-state index contributed by atoms with van der Waals surface area (Å²) in [6.07, 6.45) is 5.88. The molecule has 1 N–H and O–H groups in total. The molecule has 0 aromatic carbocycles. The van der Waals surface area contributed by atoms with Crippen LogP contribution in [0, 0.1) is 5.92 Å². The van der Waals surface area contributed by atoms with Crippen molar-refractivity contribution in [2.24, 2.45) is 13.0 Å². The molecule has 2 aromatic heterocycles. The zero-order chi connectivity index (χ0) is 18.7.